The molecule has 0 unspecified atom stereocenters. The van der Waals surface area contributed by atoms with Crippen LogP contribution in [-0.4, -0.2) is 56.1 Å². The van der Waals surface area contributed by atoms with Crippen LogP contribution in [0.15, 0.2) is 28.8 Å². The monoisotopic (exact) mass is 502 g/mol. The smallest absolute Gasteiger partial charge is 0.355 e. The molecule has 1 aromatic rings. The molecular weight excluding hydrogens is 490 g/mol. The lowest BCUT2D eigenvalue weighted by atomic mass is 10.0. The summed E-state index contributed by atoms with van der Waals surface area (Å²) in [4.78, 5) is 39.6. The number of carbonyl (C=O) groups excluding carboxylic acids is 3. The van der Waals surface area contributed by atoms with Gasteiger partial charge in [-0.05, 0) is 17.0 Å². The number of fused-ring (bicyclic) bond motifs is 1. The van der Waals surface area contributed by atoms with E-state index < -0.39 is 33.7 Å². The molecule has 0 radical (unpaired) electrons. The molecule has 0 spiro atoms. The minimum Gasteiger partial charge on any atom is -0.456 e. The number of carbonyl (C=O) groups is 3. The number of alkyl halides is 4. The van der Waals surface area contributed by atoms with Gasteiger partial charge in [0.25, 0.3) is 5.91 Å². The minimum absolute atomic E-state index is 0.0527. The molecule has 2 atom stereocenters. The summed E-state index contributed by atoms with van der Waals surface area (Å²) >= 11 is 25.7. The third-order valence-electron chi connectivity index (χ3n) is 4.00. The molecule has 1 aromatic heterocycles. The maximum Gasteiger partial charge on any atom is 0.355 e. The number of thioether (sulfide) groups is 1. The van der Waals surface area contributed by atoms with Gasteiger partial charge in [-0.15, -0.1) is 34.7 Å². The van der Waals surface area contributed by atoms with Gasteiger partial charge < -0.3 is 10.1 Å². The number of ether oxygens (including phenoxy) is 1. The Hall–Kier alpha value is -0.640. The fourth-order valence-electron chi connectivity index (χ4n) is 2.79. The lowest BCUT2D eigenvalue weighted by Gasteiger charge is -2.49. The highest BCUT2D eigenvalue weighted by molar-refractivity contribution is 8.00. The van der Waals surface area contributed by atoms with Gasteiger partial charge in [0.2, 0.25) is 9.70 Å². The van der Waals surface area contributed by atoms with E-state index in [9.17, 15) is 14.4 Å². The molecule has 152 valence electrons. The summed E-state index contributed by atoms with van der Waals surface area (Å²) in [6, 6.07) is 2.99. The van der Waals surface area contributed by atoms with Gasteiger partial charge in [-0.2, -0.15) is 0 Å². The third kappa shape index (κ3) is 4.91. The highest BCUT2D eigenvalue weighted by atomic mass is 35.6. The maximum atomic E-state index is 12.6. The van der Waals surface area contributed by atoms with Gasteiger partial charge in [0, 0.05) is 16.5 Å². The molecule has 0 bridgehead atoms. The number of β-lactam (4-membered cyclic amide) rings is 1. The normalized spacial score (nSPS) is 21.9. The summed E-state index contributed by atoms with van der Waals surface area (Å²) in [5.41, 5.74) is 0.607. The summed E-state index contributed by atoms with van der Waals surface area (Å²) in [7, 11) is 0. The van der Waals surface area contributed by atoms with Crippen molar-refractivity contribution in [3.63, 3.8) is 0 Å². The van der Waals surface area contributed by atoms with Gasteiger partial charge in [0.05, 0.1) is 6.42 Å². The number of amides is 2. The lowest BCUT2D eigenvalue weighted by Crippen LogP contribution is -2.70. The first kappa shape index (κ1) is 22.1. The van der Waals surface area contributed by atoms with Crippen LogP contribution in [0.2, 0.25) is 0 Å². The number of hydrogen-bond acceptors (Lipinski definition) is 6. The zero-order valence-corrected chi connectivity index (χ0v) is 18.8. The molecule has 1 N–H and O–H groups in total. The first-order chi connectivity index (χ1) is 13.2. The fourth-order valence-corrected chi connectivity index (χ4v) is 5.33. The van der Waals surface area contributed by atoms with E-state index in [1.165, 1.54) is 28.0 Å². The Morgan fingerprint density at radius 3 is 2.71 bits per heavy atom. The Balaban J connectivity index is 1.68. The van der Waals surface area contributed by atoms with E-state index in [2.05, 4.69) is 5.32 Å². The van der Waals surface area contributed by atoms with Crippen LogP contribution in [0.4, 0.5) is 0 Å². The number of halogens is 4. The molecule has 0 aromatic carbocycles. The average molecular weight is 504 g/mol. The van der Waals surface area contributed by atoms with Crippen molar-refractivity contribution >= 4 is 87.3 Å². The Bertz CT molecular complexity index is 810. The van der Waals surface area contributed by atoms with Gasteiger partial charge in [-0.25, -0.2) is 4.79 Å². The molecule has 1 fully saturated rings. The first-order valence-electron chi connectivity index (χ1n) is 7.99. The number of rotatable bonds is 6. The first-order valence-corrected chi connectivity index (χ1v) is 11.6. The van der Waals surface area contributed by atoms with E-state index in [-0.39, 0.29) is 23.9 Å². The second-order valence-corrected chi connectivity index (χ2v) is 10.9. The van der Waals surface area contributed by atoms with Crippen LogP contribution in [0.3, 0.4) is 0 Å². The van der Waals surface area contributed by atoms with Crippen molar-refractivity contribution in [2.24, 2.45) is 0 Å². The predicted molar refractivity (Wildman–Crippen MR) is 112 cm³/mol. The van der Waals surface area contributed by atoms with Crippen LogP contribution < -0.4 is 5.32 Å². The highest BCUT2D eigenvalue weighted by Gasteiger charge is 2.54. The number of nitrogens with zero attached hydrogens (tertiary/aromatic N) is 1. The average Bonchev–Trinajstić information content (AvgIpc) is 3.15. The molecule has 3 heterocycles. The summed E-state index contributed by atoms with van der Waals surface area (Å²) in [5.74, 6) is -0.970. The molecular formula is C16H14Cl4N2O4S2. The molecule has 2 amide bonds. The van der Waals surface area contributed by atoms with Gasteiger partial charge in [0.1, 0.15) is 23.7 Å². The second kappa shape index (κ2) is 9.02. The van der Waals surface area contributed by atoms with Crippen molar-refractivity contribution in [3.8, 4) is 0 Å². The minimum atomic E-state index is -1.77. The third-order valence-corrected chi connectivity index (χ3v) is 6.87. The Kier molecular flexibility index (Phi) is 7.10. The van der Waals surface area contributed by atoms with E-state index >= 15 is 0 Å². The molecule has 2 aliphatic rings. The Labute approximate surface area is 189 Å². The van der Waals surface area contributed by atoms with Crippen molar-refractivity contribution in [3.05, 3.63) is 33.7 Å². The zero-order valence-electron chi connectivity index (χ0n) is 14.1. The van der Waals surface area contributed by atoms with E-state index in [1.54, 1.807) is 0 Å². The van der Waals surface area contributed by atoms with Crippen molar-refractivity contribution in [1.82, 2.24) is 10.2 Å². The van der Waals surface area contributed by atoms with Crippen LogP contribution >= 0.6 is 69.5 Å². The molecule has 0 aliphatic carbocycles. The summed E-state index contributed by atoms with van der Waals surface area (Å²) in [6.45, 7) is -0.462. The standard InChI is InChI=1S/C16H14Cl4N2O4S2/c17-5-8-6-28-14-11(21-10(23)4-9-2-1-3-27-9)13(24)22(14)12(8)15(25)26-7-16(18,19)20/h1-3,11,14H,4-7H2,(H,21,23)/t11-,14+/m1/s1. The molecule has 12 heteroatoms. The fraction of sp³-hybridized carbons (Fsp3) is 0.438. The van der Waals surface area contributed by atoms with E-state index in [0.717, 1.165) is 4.88 Å². The number of esters is 1. The highest BCUT2D eigenvalue weighted by Crippen LogP contribution is 2.41. The largest absolute Gasteiger partial charge is 0.456 e. The quantitative estimate of drug-likeness (QED) is 0.366. The van der Waals surface area contributed by atoms with Gasteiger partial charge >= 0.3 is 5.97 Å². The number of thiophene rings is 1. The molecule has 2 aliphatic heterocycles. The second-order valence-electron chi connectivity index (χ2n) is 5.99. The van der Waals surface area contributed by atoms with Gasteiger partial charge in [0.15, 0.2) is 0 Å². The van der Waals surface area contributed by atoms with Crippen molar-refractivity contribution < 1.29 is 19.1 Å². The summed E-state index contributed by atoms with van der Waals surface area (Å²) < 4.78 is 3.26. The van der Waals surface area contributed by atoms with Gasteiger partial charge in [-0.1, -0.05) is 40.9 Å². The predicted octanol–water partition coefficient (Wildman–Crippen LogP) is 3.10. The topological polar surface area (TPSA) is 75.7 Å². The SMILES string of the molecule is O=C(Cc1cccs1)N[C@@H]1C(=O)N2C(C(=O)OCC(Cl)(Cl)Cl)=C(CCl)CS[C@@H]12. The molecule has 0 saturated carbocycles. The van der Waals surface area contributed by atoms with E-state index in [1.807, 2.05) is 17.5 Å². The molecule has 3 rings (SSSR count). The lowest BCUT2D eigenvalue weighted by molar-refractivity contribution is -0.152. The van der Waals surface area contributed by atoms with Crippen LogP contribution in [0.1, 0.15) is 4.88 Å². The Morgan fingerprint density at radius 2 is 2.11 bits per heavy atom. The van der Waals surface area contributed by atoms with Crippen molar-refractivity contribution in [1.29, 1.82) is 0 Å². The van der Waals surface area contributed by atoms with Crippen molar-refractivity contribution in [2.45, 2.75) is 21.6 Å². The number of nitrogens with one attached hydrogen (secondary N) is 1. The van der Waals surface area contributed by atoms with E-state index in [0.29, 0.717) is 11.3 Å². The van der Waals surface area contributed by atoms with Crippen LogP contribution in [0.25, 0.3) is 0 Å². The molecule has 1 saturated heterocycles. The Morgan fingerprint density at radius 1 is 1.36 bits per heavy atom. The molecule has 6 nitrogen and oxygen atoms in total. The summed E-state index contributed by atoms with van der Waals surface area (Å²) in [6.07, 6.45) is 0.194. The van der Waals surface area contributed by atoms with Crippen LogP contribution in [-0.2, 0) is 25.5 Å². The number of hydrogen-bond donors (Lipinski definition) is 1. The molecule has 28 heavy (non-hydrogen) atoms. The maximum absolute atomic E-state index is 12.6. The van der Waals surface area contributed by atoms with E-state index in [4.69, 9.17) is 51.1 Å². The van der Waals surface area contributed by atoms with Crippen LogP contribution in [0.5, 0.6) is 0 Å². The van der Waals surface area contributed by atoms with Crippen LogP contribution in [0, 0.1) is 0 Å². The zero-order chi connectivity index (χ0) is 20.5. The van der Waals surface area contributed by atoms with Gasteiger partial charge in [-0.3, -0.25) is 14.5 Å². The van der Waals surface area contributed by atoms with Crippen molar-refractivity contribution in [2.75, 3.05) is 18.2 Å². The summed E-state index contributed by atoms with van der Waals surface area (Å²) in [5, 5.41) is 4.20.